The van der Waals surface area contributed by atoms with E-state index in [2.05, 4.69) is 15.8 Å². The SMILES string of the molecule is CCNc1nc(-c2cc(OCCCNC)ccc2Cl)nc(-c2c(C)noc2C)c1C. The Morgan fingerprint density at radius 3 is 2.63 bits per heavy atom. The zero-order chi connectivity index (χ0) is 21.7. The molecule has 0 fully saturated rings. The molecule has 160 valence electrons. The van der Waals surface area contributed by atoms with Gasteiger partial charge in [-0.05, 0) is 65.9 Å². The molecule has 8 heteroatoms. The predicted molar refractivity (Wildman–Crippen MR) is 120 cm³/mol. The average Bonchev–Trinajstić information content (AvgIpc) is 3.06. The number of hydrogen-bond donors (Lipinski definition) is 2. The summed E-state index contributed by atoms with van der Waals surface area (Å²) in [7, 11) is 1.92. The molecule has 3 rings (SSSR count). The van der Waals surface area contributed by atoms with E-state index in [1.165, 1.54) is 0 Å². The van der Waals surface area contributed by atoms with Crippen molar-refractivity contribution in [1.29, 1.82) is 0 Å². The molecule has 0 saturated carbocycles. The summed E-state index contributed by atoms with van der Waals surface area (Å²) >= 11 is 6.53. The molecule has 3 aromatic rings. The van der Waals surface area contributed by atoms with Gasteiger partial charge in [0.2, 0.25) is 0 Å². The summed E-state index contributed by atoms with van der Waals surface area (Å²) in [6.45, 7) is 10.1. The highest BCUT2D eigenvalue weighted by Crippen LogP contribution is 2.35. The zero-order valence-electron chi connectivity index (χ0n) is 18.1. The van der Waals surface area contributed by atoms with Crippen molar-refractivity contribution in [2.75, 3.05) is 32.1 Å². The van der Waals surface area contributed by atoms with Gasteiger partial charge in [-0.25, -0.2) is 9.97 Å². The van der Waals surface area contributed by atoms with E-state index in [4.69, 9.17) is 30.8 Å². The molecule has 0 amide bonds. The summed E-state index contributed by atoms with van der Waals surface area (Å²) in [4.78, 5) is 9.61. The number of benzene rings is 1. The van der Waals surface area contributed by atoms with E-state index in [0.717, 1.165) is 64.9 Å². The third kappa shape index (κ3) is 4.74. The number of halogens is 1. The van der Waals surface area contributed by atoms with E-state index in [0.29, 0.717) is 17.5 Å². The van der Waals surface area contributed by atoms with Crippen LogP contribution in [0.25, 0.3) is 22.6 Å². The second kappa shape index (κ2) is 9.91. The third-order valence-electron chi connectivity index (χ3n) is 4.78. The number of anilines is 1. The minimum absolute atomic E-state index is 0.525. The molecule has 0 spiro atoms. The lowest BCUT2D eigenvalue weighted by Crippen LogP contribution is -2.11. The Hall–Kier alpha value is -2.64. The largest absolute Gasteiger partial charge is 0.494 e. The van der Waals surface area contributed by atoms with Gasteiger partial charge < -0.3 is 19.9 Å². The Morgan fingerprint density at radius 1 is 1.17 bits per heavy atom. The number of aryl methyl sites for hydroxylation is 2. The molecular weight excluding hydrogens is 402 g/mol. The summed E-state index contributed by atoms with van der Waals surface area (Å²) in [6.07, 6.45) is 0.913. The van der Waals surface area contributed by atoms with Crippen molar-refractivity contribution in [3.05, 3.63) is 40.2 Å². The summed E-state index contributed by atoms with van der Waals surface area (Å²) in [6, 6.07) is 5.56. The highest BCUT2D eigenvalue weighted by atomic mass is 35.5. The minimum Gasteiger partial charge on any atom is -0.494 e. The molecule has 0 radical (unpaired) electrons. The number of nitrogens with zero attached hydrogens (tertiary/aromatic N) is 3. The van der Waals surface area contributed by atoms with Gasteiger partial charge in [-0.1, -0.05) is 16.8 Å². The van der Waals surface area contributed by atoms with Crippen LogP contribution in [0.3, 0.4) is 0 Å². The zero-order valence-corrected chi connectivity index (χ0v) is 18.9. The van der Waals surface area contributed by atoms with Crippen molar-refractivity contribution in [3.63, 3.8) is 0 Å². The number of rotatable bonds is 9. The number of ether oxygens (including phenoxy) is 1. The normalized spacial score (nSPS) is 11.0. The van der Waals surface area contributed by atoms with Gasteiger partial charge >= 0.3 is 0 Å². The van der Waals surface area contributed by atoms with Crippen LogP contribution in [0.4, 0.5) is 5.82 Å². The van der Waals surface area contributed by atoms with Gasteiger partial charge in [0, 0.05) is 17.7 Å². The molecule has 0 bridgehead atoms. The lowest BCUT2D eigenvalue weighted by molar-refractivity contribution is 0.310. The summed E-state index contributed by atoms with van der Waals surface area (Å²) < 4.78 is 11.2. The van der Waals surface area contributed by atoms with Crippen LogP contribution in [-0.4, -0.2) is 41.9 Å². The van der Waals surface area contributed by atoms with E-state index in [-0.39, 0.29) is 0 Å². The Bertz CT molecular complexity index is 1000. The van der Waals surface area contributed by atoms with E-state index < -0.39 is 0 Å². The maximum atomic E-state index is 6.53. The Labute approximate surface area is 182 Å². The summed E-state index contributed by atoms with van der Waals surface area (Å²) in [5.41, 5.74) is 4.10. The predicted octanol–water partition coefficient (Wildman–Crippen LogP) is 4.80. The molecule has 0 aliphatic carbocycles. The number of aromatic nitrogens is 3. The Balaban J connectivity index is 2.07. The van der Waals surface area contributed by atoms with Crippen LogP contribution < -0.4 is 15.4 Å². The van der Waals surface area contributed by atoms with Crippen LogP contribution in [-0.2, 0) is 0 Å². The van der Waals surface area contributed by atoms with Crippen LogP contribution in [0.2, 0.25) is 5.02 Å². The lowest BCUT2D eigenvalue weighted by Gasteiger charge is -2.15. The van der Waals surface area contributed by atoms with Crippen molar-refractivity contribution in [1.82, 2.24) is 20.4 Å². The first kappa shape index (κ1) is 22.1. The van der Waals surface area contributed by atoms with E-state index in [1.807, 2.05) is 52.9 Å². The molecule has 0 unspecified atom stereocenters. The fourth-order valence-corrected chi connectivity index (χ4v) is 3.45. The molecule has 2 aromatic heterocycles. The quantitative estimate of drug-likeness (QED) is 0.472. The summed E-state index contributed by atoms with van der Waals surface area (Å²) in [5.74, 6) is 2.74. The van der Waals surface area contributed by atoms with E-state index in [1.54, 1.807) is 0 Å². The molecule has 2 heterocycles. The minimum atomic E-state index is 0.525. The topological polar surface area (TPSA) is 85.1 Å². The highest BCUT2D eigenvalue weighted by molar-refractivity contribution is 6.33. The molecular formula is C22H28ClN5O2. The fraction of sp³-hybridized carbons (Fsp3) is 0.409. The average molecular weight is 430 g/mol. The third-order valence-corrected chi connectivity index (χ3v) is 5.11. The highest BCUT2D eigenvalue weighted by Gasteiger charge is 2.21. The van der Waals surface area contributed by atoms with Gasteiger partial charge in [-0.15, -0.1) is 0 Å². The molecule has 1 aromatic carbocycles. The van der Waals surface area contributed by atoms with Crippen LogP contribution in [0.1, 0.15) is 30.4 Å². The van der Waals surface area contributed by atoms with Crippen LogP contribution in [0.15, 0.2) is 22.7 Å². The first-order valence-corrected chi connectivity index (χ1v) is 10.5. The van der Waals surface area contributed by atoms with Crippen molar-refractivity contribution in [2.45, 2.75) is 34.1 Å². The molecule has 0 saturated heterocycles. The first-order chi connectivity index (χ1) is 14.5. The van der Waals surface area contributed by atoms with Crippen molar-refractivity contribution in [2.24, 2.45) is 0 Å². The Morgan fingerprint density at radius 2 is 1.97 bits per heavy atom. The standard InChI is InChI=1S/C22H28ClN5O2/c1-6-25-21-13(2)20(19-14(3)28-30-15(19)4)26-22(27-21)17-12-16(8-9-18(17)23)29-11-7-10-24-5/h8-9,12,24H,6-7,10-11H2,1-5H3,(H,25,26,27). The van der Waals surface area contributed by atoms with Crippen LogP contribution >= 0.6 is 11.6 Å². The molecule has 7 nitrogen and oxygen atoms in total. The van der Waals surface area contributed by atoms with E-state index in [9.17, 15) is 0 Å². The molecule has 0 aliphatic rings. The maximum absolute atomic E-state index is 6.53. The van der Waals surface area contributed by atoms with Gasteiger partial charge in [-0.3, -0.25) is 0 Å². The Kier molecular flexibility index (Phi) is 7.29. The van der Waals surface area contributed by atoms with Crippen LogP contribution in [0, 0.1) is 20.8 Å². The lowest BCUT2D eigenvalue weighted by atomic mass is 10.0. The molecule has 0 aliphatic heterocycles. The van der Waals surface area contributed by atoms with Crippen molar-refractivity contribution >= 4 is 17.4 Å². The number of nitrogens with one attached hydrogen (secondary N) is 2. The van der Waals surface area contributed by atoms with Crippen LogP contribution in [0.5, 0.6) is 5.75 Å². The molecule has 2 N–H and O–H groups in total. The molecule has 0 atom stereocenters. The second-order valence-corrected chi connectivity index (χ2v) is 7.45. The molecule has 30 heavy (non-hydrogen) atoms. The van der Waals surface area contributed by atoms with Crippen molar-refractivity contribution < 1.29 is 9.26 Å². The van der Waals surface area contributed by atoms with Gasteiger partial charge in [0.05, 0.1) is 28.6 Å². The number of hydrogen-bond acceptors (Lipinski definition) is 7. The van der Waals surface area contributed by atoms with Crippen molar-refractivity contribution in [3.8, 4) is 28.4 Å². The summed E-state index contributed by atoms with van der Waals surface area (Å²) in [5, 5.41) is 11.1. The first-order valence-electron chi connectivity index (χ1n) is 10.1. The van der Waals surface area contributed by atoms with Gasteiger partial charge in [0.15, 0.2) is 5.82 Å². The smallest absolute Gasteiger partial charge is 0.163 e. The van der Waals surface area contributed by atoms with Gasteiger partial charge in [0.25, 0.3) is 0 Å². The van der Waals surface area contributed by atoms with E-state index >= 15 is 0 Å². The van der Waals surface area contributed by atoms with Gasteiger partial charge in [-0.2, -0.15) is 0 Å². The van der Waals surface area contributed by atoms with Gasteiger partial charge in [0.1, 0.15) is 17.3 Å². The monoisotopic (exact) mass is 429 g/mol. The fourth-order valence-electron chi connectivity index (χ4n) is 3.25. The maximum Gasteiger partial charge on any atom is 0.163 e. The second-order valence-electron chi connectivity index (χ2n) is 7.05.